The van der Waals surface area contributed by atoms with Gasteiger partial charge in [0.15, 0.2) is 0 Å². The molecule has 1 amide bonds. The number of hydrogen-bond acceptors (Lipinski definition) is 4. The highest BCUT2D eigenvalue weighted by atomic mass is 32.1. The predicted molar refractivity (Wildman–Crippen MR) is 78.5 cm³/mol. The highest BCUT2D eigenvalue weighted by Gasteiger charge is 2.17. The summed E-state index contributed by atoms with van der Waals surface area (Å²) in [7, 11) is 0. The van der Waals surface area contributed by atoms with Crippen molar-refractivity contribution in [2.24, 2.45) is 0 Å². The number of benzene rings is 1. The van der Waals surface area contributed by atoms with Crippen molar-refractivity contribution in [3.8, 4) is 0 Å². The van der Waals surface area contributed by atoms with Crippen LogP contribution in [0, 0.1) is 0 Å². The maximum absolute atomic E-state index is 11.9. The summed E-state index contributed by atoms with van der Waals surface area (Å²) in [4.78, 5) is 13.9. The second-order valence-electron chi connectivity index (χ2n) is 4.79. The summed E-state index contributed by atoms with van der Waals surface area (Å²) < 4.78 is 4.38. The van der Waals surface area contributed by atoms with Crippen LogP contribution in [0.25, 0.3) is 10.9 Å². The van der Waals surface area contributed by atoms with Gasteiger partial charge in [-0.25, -0.2) is 0 Å². The third kappa shape index (κ3) is 2.71. The predicted octanol–water partition coefficient (Wildman–Crippen LogP) is 2.72. The molecular formula is C14H17N3OS. The van der Waals surface area contributed by atoms with Gasteiger partial charge in [-0.3, -0.25) is 4.79 Å². The molecule has 1 fully saturated rings. The van der Waals surface area contributed by atoms with Gasteiger partial charge >= 0.3 is 0 Å². The van der Waals surface area contributed by atoms with Gasteiger partial charge < -0.3 is 10.2 Å². The number of hydrogen-bond donors (Lipinski definition) is 1. The number of carbonyl (C=O) groups excluding carboxylic acids is 1. The molecule has 0 spiro atoms. The van der Waals surface area contributed by atoms with Crippen LogP contribution in [0.15, 0.2) is 24.3 Å². The van der Waals surface area contributed by atoms with E-state index >= 15 is 0 Å². The van der Waals surface area contributed by atoms with Crippen LogP contribution in [0.3, 0.4) is 0 Å². The van der Waals surface area contributed by atoms with E-state index in [0.717, 1.165) is 41.8 Å². The molecule has 0 bridgehead atoms. The van der Waals surface area contributed by atoms with E-state index in [0.29, 0.717) is 13.0 Å². The lowest BCUT2D eigenvalue weighted by atomic mass is 10.2. The van der Waals surface area contributed by atoms with Gasteiger partial charge in [0.05, 0.1) is 5.52 Å². The Kier molecular flexibility index (Phi) is 3.64. The lowest BCUT2D eigenvalue weighted by molar-refractivity contribution is -0.129. The Morgan fingerprint density at radius 2 is 2.11 bits per heavy atom. The van der Waals surface area contributed by atoms with Crippen molar-refractivity contribution in [3.05, 3.63) is 24.3 Å². The molecule has 0 unspecified atom stereocenters. The minimum absolute atomic E-state index is 0.263. The number of anilines is 1. The highest BCUT2D eigenvalue weighted by Crippen LogP contribution is 2.27. The molecule has 1 aromatic carbocycles. The topological polar surface area (TPSA) is 45.2 Å². The fraction of sp³-hybridized carbons (Fsp3) is 0.429. The standard InChI is InChI=1S/C14H17N3OS/c18-13(17-9-3-4-10-17)7-8-15-14-11-5-1-2-6-12(11)16-19-14/h1-2,5-6,15H,3-4,7-10H2. The van der Waals surface area contributed by atoms with Crippen molar-refractivity contribution in [2.75, 3.05) is 25.0 Å². The van der Waals surface area contributed by atoms with Crippen LogP contribution in [0.4, 0.5) is 5.00 Å². The summed E-state index contributed by atoms with van der Waals surface area (Å²) in [6.45, 7) is 2.55. The van der Waals surface area contributed by atoms with Crippen LogP contribution in [0.5, 0.6) is 0 Å². The molecule has 0 atom stereocenters. The zero-order chi connectivity index (χ0) is 13.1. The number of rotatable bonds is 4. The summed E-state index contributed by atoms with van der Waals surface area (Å²) in [6.07, 6.45) is 2.86. The molecule has 2 aromatic rings. The zero-order valence-corrected chi connectivity index (χ0v) is 11.6. The number of amides is 1. The van der Waals surface area contributed by atoms with Gasteiger partial charge in [0, 0.05) is 31.4 Å². The minimum Gasteiger partial charge on any atom is -0.375 e. The van der Waals surface area contributed by atoms with Gasteiger partial charge in [-0.1, -0.05) is 12.1 Å². The lowest BCUT2D eigenvalue weighted by Gasteiger charge is -2.15. The van der Waals surface area contributed by atoms with Gasteiger partial charge in [0.1, 0.15) is 5.00 Å². The van der Waals surface area contributed by atoms with E-state index in [-0.39, 0.29) is 5.91 Å². The van der Waals surface area contributed by atoms with Crippen LogP contribution >= 0.6 is 11.5 Å². The minimum atomic E-state index is 0.263. The van der Waals surface area contributed by atoms with Crippen molar-refractivity contribution in [2.45, 2.75) is 19.3 Å². The third-order valence-corrected chi connectivity index (χ3v) is 4.30. The number of likely N-dealkylation sites (tertiary alicyclic amines) is 1. The molecule has 0 saturated carbocycles. The van der Waals surface area contributed by atoms with E-state index in [1.54, 1.807) is 0 Å². The van der Waals surface area contributed by atoms with Crippen LogP contribution in [-0.4, -0.2) is 34.8 Å². The molecule has 0 aliphatic carbocycles. The first-order valence-corrected chi connectivity index (χ1v) is 7.48. The molecule has 5 heteroatoms. The van der Waals surface area contributed by atoms with Gasteiger partial charge in [0.2, 0.25) is 5.91 Å². The summed E-state index contributed by atoms with van der Waals surface area (Å²) >= 11 is 1.46. The smallest absolute Gasteiger partial charge is 0.224 e. The monoisotopic (exact) mass is 275 g/mol. The van der Waals surface area contributed by atoms with Crippen molar-refractivity contribution in [1.29, 1.82) is 0 Å². The maximum Gasteiger partial charge on any atom is 0.224 e. The Morgan fingerprint density at radius 1 is 1.32 bits per heavy atom. The number of nitrogens with one attached hydrogen (secondary N) is 1. The molecule has 100 valence electrons. The van der Waals surface area contributed by atoms with Gasteiger partial charge in [0.25, 0.3) is 0 Å². The Labute approximate surface area is 116 Å². The first-order valence-electron chi connectivity index (χ1n) is 6.70. The van der Waals surface area contributed by atoms with E-state index in [1.807, 2.05) is 23.1 Å². The first kappa shape index (κ1) is 12.4. The Bertz CT molecular complexity index is 575. The van der Waals surface area contributed by atoms with Crippen molar-refractivity contribution >= 4 is 33.3 Å². The second kappa shape index (κ2) is 5.57. The van der Waals surface area contributed by atoms with Crippen LogP contribution in [0.2, 0.25) is 0 Å². The SMILES string of the molecule is O=C(CCNc1snc2ccccc12)N1CCCC1. The molecule has 0 radical (unpaired) electrons. The number of aromatic nitrogens is 1. The number of fused-ring (bicyclic) bond motifs is 1. The average molecular weight is 275 g/mol. The molecule has 1 aromatic heterocycles. The van der Waals surface area contributed by atoms with Crippen LogP contribution in [0.1, 0.15) is 19.3 Å². The molecule has 3 rings (SSSR count). The molecule has 1 aliphatic heterocycles. The van der Waals surface area contributed by atoms with E-state index in [9.17, 15) is 4.79 Å². The highest BCUT2D eigenvalue weighted by molar-refractivity contribution is 7.11. The van der Waals surface area contributed by atoms with E-state index in [4.69, 9.17) is 0 Å². The van der Waals surface area contributed by atoms with E-state index < -0.39 is 0 Å². The summed E-state index contributed by atoms with van der Waals surface area (Å²) in [5.41, 5.74) is 1.01. The summed E-state index contributed by atoms with van der Waals surface area (Å²) in [5.74, 6) is 0.263. The normalized spacial score (nSPS) is 15.1. The molecule has 2 heterocycles. The van der Waals surface area contributed by atoms with Gasteiger partial charge in [-0.05, 0) is 36.5 Å². The molecule has 19 heavy (non-hydrogen) atoms. The average Bonchev–Trinajstić information content (AvgIpc) is 3.08. The maximum atomic E-state index is 11.9. The number of nitrogens with zero attached hydrogens (tertiary/aromatic N) is 2. The zero-order valence-electron chi connectivity index (χ0n) is 10.8. The summed E-state index contributed by atoms with van der Waals surface area (Å²) in [5, 5.41) is 5.53. The summed E-state index contributed by atoms with van der Waals surface area (Å²) in [6, 6.07) is 8.07. The molecule has 1 N–H and O–H groups in total. The fourth-order valence-electron chi connectivity index (χ4n) is 2.42. The van der Waals surface area contributed by atoms with Crippen LogP contribution < -0.4 is 5.32 Å². The lowest BCUT2D eigenvalue weighted by Crippen LogP contribution is -2.29. The van der Waals surface area contributed by atoms with Gasteiger partial charge in [-0.15, -0.1) is 0 Å². The third-order valence-electron chi connectivity index (χ3n) is 3.47. The molecule has 1 aliphatic rings. The van der Waals surface area contributed by atoms with Crippen molar-refractivity contribution < 1.29 is 4.79 Å². The largest absolute Gasteiger partial charge is 0.375 e. The molecular weight excluding hydrogens is 258 g/mol. The van der Waals surface area contributed by atoms with Crippen molar-refractivity contribution in [1.82, 2.24) is 9.27 Å². The van der Waals surface area contributed by atoms with E-state index in [1.165, 1.54) is 11.5 Å². The van der Waals surface area contributed by atoms with Crippen molar-refractivity contribution in [3.63, 3.8) is 0 Å². The Balaban J connectivity index is 1.56. The molecule has 4 nitrogen and oxygen atoms in total. The second-order valence-corrected chi connectivity index (χ2v) is 5.57. The quantitative estimate of drug-likeness (QED) is 0.933. The van der Waals surface area contributed by atoms with Gasteiger partial charge in [-0.2, -0.15) is 4.37 Å². The van der Waals surface area contributed by atoms with E-state index in [2.05, 4.69) is 15.8 Å². The Morgan fingerprint density at radius 3 is 2.95 bits per heavy atom. The molecule has 1 saturated heterocycles. The number of carbonyl (C=O) groups is 1. The fourth-order valence-corrected chi connectivity index (χ4v) is 3.21. The van der Waals surface area contributed by atoms with Crippen LogP contribution in [-0.2, 0) is 4.79 Å². The first-order chi connectivity index (χ1) is 9.34. The Hall–Kier alpha value is -1.62.